The van der Waals surface area contributed by atoms with Crippen LogP contribution in [0, 0.1) is 0 Å². The lowest BCUT2D eigenvalue weighted by molar-refractivity contribution is 0.0665. The third-order valence-corrected chi connectivity index (χ3v) is 3.01. The smallest absolute Gasteiger partial charge is 0.371 e. The number of carbonyl (C=O) groups is 1. The molecule has 0 saturated heterocycles. The van der Waals surface area contributed by atoms with Gasteiger partial charge < -0.3 is 19.6 Å². The lowest BCUT2D eigenvalue weighted by atomic mass is 10.1. The van der Waals surface area contributed by atoms with E-state index in [0.29, 0.717) is 25.3 Å². The van der Waals surface area contributed by atoms with Gasteiger partial charge in [-0.25, -0.2) is 4.79 Å². The molecule has 0 amide bonds. The van der Waals surface area contributed by atoms with E-state index in [4.69, 9.17) is 14.3 Å². The number of hydrogen-bond donors (Lipinski definition) is 2. The van der Waals surface area contributed by atoms with Crippen LogP contribution in [0.15, 0.2) is 41.3 Å². The summed E-state index contributed by atoms with van der Waals surface area (Å²) in [6.45, 7) is 6.46. The number of rotatable bonds is 9. The van der Waals surface area contributed by atoms with Gasteiger partial charge in [0.15, 0.2) is 0 Å². The first-order valence-electron chi connectivity index (χ1n) is 6.86. The van der Waals surface area contributed by atoms with Crippen LogP contribution in [-0.2, 0) is 11.3 Å². The molecular weight excluding hydrogens is 270 g/mol. The lowest BCUT2D eigenvalue weighted by Crippen LogP contribution is -2.19. The summed E-state index contributed by atoms with van der Waals surface area (Å²) in [7, 11) is 0. The van der Waals surface area contributed by atoms with Crippen molar-refractivity contribution in [3.8, 4) is 0 Å². The number of furan rings is 1. The molecule has 5 nitrogen and oxygen atoms in total. The van der Waals surface area contributed by atoms with Gasteiger partial charge in [-0.3, -0.25) is 0 Å². The van der Waals surface area contributed by atoms with Crippen molar-refractivity contribution in [3.63, 3.8) is 0 Å². The van der Waals surface area contributed by atoms with Crippen LogP contribution in [0.3, 0.4) is 0 Å². The minimum Gasteiger partial charge on any atom is -0.475 e. The normalized spacial score (nSPS) is 10.9. The van der Waals surface area contributed by atoms with E-state index < -0.39 is 5.97 Å². The Kier molecular flexibility index (Phi) is 5.54. The number of carboxylic acid groups (broad SMARTS) is 1. The van der Waals surface area contributed by atoms with E-state index in [1.807, 2.05) is 18.2 Å². The zero-order valence-electron chi connectivity index (χ0n) is 11.8. The molecule has 2 rings (SSSR count). The van der Waals surface area contributed by atoms with E-state index in [9.17, 15) is 4.79 Å². The van der Waals surface area contributed by atoms with E-state index in [1.54, 1.807) is 12.1 Å². The third-order valence-electron chi connectivity index (χ3n) is 3.01. The van der Waals surface area contributed by atoms with Crippen LogP contribution in [0.4, 0.5) is 0 Å². The second-order valence-corrected chi connectivity index (χ2v) is 4.65. The number of hydrogen-bond acceptors (Lipinski definition) is 4. The fraction of sp³-hybridized carbons (Fsp3) is 0.312. The highest BCUT2D eigenvalue weighted by atomic mass is 16.5. The Hall–Kier alpha value is -2.11. The van der Waals surface area contributed by atoms with Crippen molar-refractivity contribution in [3.05, 3.63) is 48.2 Å². The highest BCUT2D eigenvalue weighted by molar-refractivity contribution is 5.91. The van der Waals surface area contributed by atoms with Crippen LogP contribution < -0.4 is 5.32 Å². The summed E-state index contributed by atoms with van der Waals surface area (Å²) in [5.74, 6) is -1.09. The number of nitrogens with one attached hydrogen (secondary N) is 1. The molecule has 0 saturated carbocycles. The Balaban J connectivity index is 1.82. The molecule has 0 bridgehead atoms. The molecule has 112 valence electrons. The number of ether oxygens (including phenoxy) is 1. The standard InChI is InChI=1S/C16H19NO4/c1-2-3-7-20-8-6-17-11-12-4-5-14-13(9-12)10-15(21-14)16(18)19/h2,4-5,9-10,17H,1,3,6-8,11H2,(H,18,19). The first-order valence-corrected chi connectivity index (χ1v) is 6.86. The van der Waals surface area contributed by atoms with Crippen LogP contribution >= 0.6 is 0 Å². The van der Waals surface area contributed by atoms with Gasteiger partial charge in [-0.05, 0) is 30.2 Å². The largest absolute Gasteiger partial charge is 0.475 e. The van der Waals surface area contributed by atoms with Crippen molar-refractivity contribution >= 4 is 16.9 Å². The van der Waals surface area contributed by atoms with Gasteiger partial charge in [0.2, 0.25) is 5.76 Å². The van der Waals surface area contributed by atoms with Gasteiger partial charge in [0.05, 0.1) is 13.2 Å². The molecule has 0 radical (unpaired) electrons. The molecule has 2 N–H and O–H groups in total. The maximum Gasteiger partial charge on any atom is 0.371 e. The zero-order valence-corrected chi connectivity index (χ0v) is 11.8. The number of carboxylic acids is 1. The van der Waals surface area contributed by atoms with Crippen molar-refractivity contribution in [2.24, 2.45) is 0 Å². The van der Waals surface area contributed by atoms with E-state index in [1.165, 1.54) is 0 Å². The molecule has 0 aliphatic carbocycles. The van der Waals surface area contributed by atoms with Gasteiger partial charge in [-0.15, -0.1) is 6.58 Å². The van der Waals surface area contributed by atoms with E-state index >= 15 is 0 Å². The number of aromatic carboxylic acids is 1. The Morgan fingerprint density at radius 3 is 3.00 bits per heavy atom. The van der Waals surface area contributed by atoms with Crippen LogP contribution in [0.2, 0.25) is 0 Å². The third kappa shape index (κ3) is 4.44. The highest BCUT2D eigenvalue weighted by Gasteiger charge is 2.10. The van der Waals surface area contributed by atoms with Gasteiger partial charge in [-0.1, -0.05) is 12.1 Å². The topological polar surface area (TPSA) is 71.7 Å². The summed E-state index contributed by atoms with van der Waals surface area (Å²) >= 11 is 0. The Labute approximate surface area is 123 Å². The van der Waals surface area contributed by atoms with Gasteiger partial charge in [-0.2, -0.15) is 0 Å². The monoisotopic (exact) mass is 289 g/mol. The molecule has 21 heavy (non-hydrogen) atoms. The van der Waals surface area contributed by atoms with Crippen molar-refractivity contribution in [1.29, 1.82) is 0 Å². The molecule has 0 aliphatic heterocycles. The molecule has 1 aromatic heterocycles. The van der Waals surface area contributed by atoms with Crippen molar-refractivity contribution in [2.45, 2.75) is 13.0 Å². The summed E-state index contributed by atoms with van der Waals surface area (Å²) in [5.41, 5.74) is 1.66. The maximum absolute atomic E-state index is 10.8. The highest BCUT2D eigenvalue weighted by Crippen LogP contribution is 2.20. The predicted octanol–water partition coefficient (Wildman–Crippen LogP) is 2.81. The molecule has 1 heterocycles. The van der Waals surface area contributed by atoms with E-state index in [2.05, 4.69) is 11.9 Å². The van der Waals surface area contributed by atoms with E-state index in [-0.39, 0.29) is 5.76 Å². The zero-order chi connectivity index (χ0) is 15.1. The molecule has 5 heteroatoms. The Morgan fingerprint density at radius 2 is 2.24 bits per heavy atom. The fourth-order valence-corrected chi connectivity index (χ4v) is 1.95. The average molecular weight is 289 g/mol. The van der Waals surface area contributed by atoms with Crippen molar-refractivity contribution in [2.75, 3.05) is 19.8 Å². The molecule has 1 aromatic carbocycles. The first kappa shape index (κ1) is 15.3. The average Bonchev–Trinajstić information content (AvgIpc) is 2.90. The fourth-order valence-electron chi connectivity index (χ4n) is 1.95. The minimum absolute atomic E-state index is 0.0364. The number of benzene rings is 1. The predicted molar refractivity (Wildman–Crippen MR) is 80.5 cm³/mol. The van der Waals surface area contributed by atoms with Gasteiger partial charge in [0.1, 0.15) is 5.58 Å². The molecule has 0 atom stereocenters. The van der Waals surface area contributed by atoms with Crippen LogP contribution in [0.1, 0.15) is 22.5 Å². The molecule has 0 aliphatic rings. The second kappa shape index (κ2) is 7.61. The van der Waals surface area contributed by atoms with Crippen molar-refractivity contribution < 1.29 is 19.1 Å². The van der Waals surface area contributed by atoms with Crippen molar-refractivity contribution in [1.82, 2.24) is 5.32 Å². The SMILES string of the molecule is C=CCCOCCNCc1ccc2oc(C(=O)O)cc2c1. The summed E-state index contributed by atoms with van der Waals surface area (Å²) in [5, 5.41) is 13.0. The lowest BCUT2D eigenvalue weighted by Gasteiger charge is -2.05. The number of fused-ring (bicyclic) bond motifs is 1. The summed E-state index contributed by atoms with van der Waals surface area (Å²) in [6, 6.07) is 7.18. The molecule has 0 fully saturated rings. The maximum atomic E-state index is 10.8. The Morgan fingerprint density at radius 1 is 1.38 bits per heavy atom. The van der Waals surface area contributed by atoms with Gasteiger partial charge in [0.25, 0.3) is 0 Å². The van der Waals surface area contributed by atoms with Gasteiger partial charge >= 0.3 is 5.97 Å². The first-order chi connectivity index (χ1) is 10.2. The quantitative estimate of drug-likeness (QED) is 0.548. The van der Waals surface area contributed by atoms with Crippen LogP contribution in [0.25, 0.3) is 11.0 Å². The Bertz CT molecular complexity index is 618. The summed E-state index contributed by atoms with van der Waals surface area (Å²) in [6.07, 6.45) is 2.70. The molecule has 0 spiro atoms. The van der Waals surface area contributed by atoms with Gasteiger partial charge in [0, 0.05) is 18.5 Å². The molecule has 0 unspecified atom stereocenters. The summed E-state index contributed by atoms with van der Waals surface area (Å²) in [4.78, 5) is 10.8. The van der Waals surface area contributed by atoms with E-state index in [0.717, 1.165) is 23.9 Å². The summed E-state index contributed by atoms with van der Waals surface area (Å²) < 4.78 is 10.6. The molecular formula is C16H19NO4. The van der Waals surface area contributed by atoms with Crippen LogP contribution in [0.5, 0.6) is 0 Å². The second-order valence-electron chi connectivity index (χ2n) is 4.65. The molecule has 2 aromatic rings. The minimum atomic E-state index is -1.05. The van der Waals surface area contributed by atoms with Crippen LogP contribution in [-0.4, -0.2) is 30.8 Å².